The largest absolute Gasteiger partial charge is 0.310 e. The average Bonchev–Trinajstić information content (AvgIpc) is 3.22. The molecule has 1 aliphatic rings. The molecule has 104 valence electrons. The Morgan fingerprint density at radius 1 is 1.00 bits per heavy atom. The van der Waals surface area contributed by atoms with Crippen molar-refractivity contribution in [3.63, 3.8) is 0 Å². The quantitative estimate of drug-likeness (QED) is 0.833. The molecule has 0 heterocycles. The van der Waals surface area contributed by atoms with Gasteiger partial charge in [-0.3, -0.25) is 0 Å². The summed E-state index contributed by atoms with van der Waals surface area (Å²) in [6.45, 7) is 0.821. The molecule has 0 spiro atoms. The first-order valence-corrected chi connectivity index (χ1v) is 7.36. The lowest BCUT2D eigenvalue weighted by molar-refractivity contribution is 0.628. The van der Waals surface area contributed by atoms with Gasteiger partial charge < -0.3 is 5.32 Å². The van der Waals surface area contributed by atoms with E-state index in [0.29, 0.717) is 16.1 Å². The summed E-state index contributed by atoms with van der Waals surface area (Å²) in [7, 11) is 0. The first kappa shape index (κ1) is 13.9. The van der Waals surface area contributed by atoms with Crippen LogP contribution in [0.3, 0.4) is 0 Å². The molecule has 2 aromatic carbocycles. The minimum absolute atomic E-state index is 0.347. The van der Waals surface area contributed by atoms with Gasteiger partial charge in [0.2, 0.25) is 0 Å². The van der Waals surface area contributed by atoms with E-state index in [1.54, 1.807) is 6.07 Å². The van der Waals surface area contributed by atoms with Crippen molar-refractivity contribution in [2.75, 3.05) is 0 Å². The van der Waals surface area contributed by atoms with Crippen molar-refractivity contribution in [1.82, 2.24) is 5.32 Å². The van der Waals surface area contributed by atoms with Crippen LogP contribution in [0.15, 0.2) is 36.4 Å². The molecule has 0 bridgehead atoms. The minimum atomic E-state index is -0.347. The van der Waals surface area contributed by atoms with Gasteiger partial charge in [0.15, 0.2) is 0 Å². The van der Waals surface area contributed by atoms with Crippen molar-refractivity contribution in [3.05, 3.63) is 57.8 Å². The van der Waals surface area contributed by atoms with E-state index in [-0.39, 0.29) is 5.82 Å². The highest BCUT2D eigenvalue weighted by molar-refractivity contribution is 6.36. The van der Waals surface area contributed by atoms with Gasteiger partial charge in [0, 0.05) is 28.7 Å². The molecule has 1 saturated carbocycles. The van der Waals surface area contributed by atoms with Crippen LogP contribution >= 0.6 is 23.2 Å². The Balaban J connectivity index is 1.85. The molecule has 20 heavy (non-hydrogen) atoms. The monoisotopic (exact) mass is 309 g/mol. The van der Waals surface area contributed by atoms with E-state index in [0.717, 1.165) is 23.2 Å². The molecule has 0 aliphatic heterocycles. The molecular formula is C16H14Cl2FN. The molecule has 1 N–H and O–H groups in total. The summed E-state index contributed by atoms with van der Waals surface area (Å²) >= 11 is 12.4. The van der Waals surface area contributed by atoms with Crippen LogP contribution in [0.25, 0.3) is 11.1 Å². The summed E-state index contributed by atoms with van der Waals surface area (Å²) in [6.07, 6.45) is 2.52. The predicted molar refractivity (Wildman–Crippen MR) is 81.7 cm³/mol. The Labute approximate surface area is 127 Å². The number of hydrogen-bond acceptors (Lipinski definition) is 1. The fourth-order valence-electron chi connectivity index (χ4n) is 2.14. The Morgan fingerprint density at radius 2 is 1.65 bits per heavy atom. The third-order valence-electron chi connectivity index (χ3n) is 3.43. The Bertz CT molecular complexity index is 638. The Kier molecular flexibility index (Phi) is 3.97. The minimum Gasteiger partial charge on any atom is -0.310 e. The second-order valence-electron chi connectivity index (χ2n) is 5.09. The van der Waals surface area contributed by atoms with Gasteiger partial charge in [-0.2, -0.15) is 0 Å². The van der Waals surface area contributed by atoms with Crippen molar-refractivity contribution in [1.29, 1.82) is 0 Å². The highest BCUT2D eigenvalue weighted by Crippen LogP contribution is 2.34. The molecule has 4 heteroatoms. The smallest absolute Gasteiger partial charge is 0.124 e. The van der Waals surface area contributed by atoms with E-state index in [1.165, 1.54) is 25.0 Å². The molecule has 0 amide bonds. The van der Waals surface area contributed by atoms with Gasteiger partial charge in [-0.25, -0.2) is 4.39 Å². The lowest BCUT2D eigenvalue weighted by atomic mass is 10.0. The fourth-order valence-corrected chi connectivity index (χ4v) is 2.72. The van der Waals surface area contributed by atoms with Crippen molar-refractivity contribution in [3.8, 4) is 11.1 Å². The summed E-state index contributed by atoms with van der Waals surface area (Å²) in [5.74, 6) is -0.347. The first-order chi connectivity index (χ1) is 9.63. The second-order valence-corrected chi connectivity index (χ2v) is 5.91. The summed E-state index contributed by atoms with van der Waals surface area (Å²) in [5, 5.41) is 4.45. The maximum atomic E-state index is 13.1. The molecule has 0 aromatic heterocycles. The van der Waals surface area contributed by atoms with Crippen LogP contribution in [0.5, 0.6) is 0 Å². The fraction of sp³-hybridized carbons (Fsp3) is 0.250. The predicted octanol–water partition coefficient (Wildman–Crippen LogP) is 5.05. The number of halogens is 3. The molecule has 3 rings (SSSR count). The normalized spacial score (nSPS) is 14.6. The van der Waals surface area contributed by atoms with Crippen LogP contribution < -0.4 is 5.32 Å². The Hall–Kier alpha value is -1.09. The maximum absolute atomic E-state index is 13.1. The van der Waals surface area contributed by atoms with Gasteiger partial charge >= 0.3 is 0 Å². The van der Waals surface area contributed by atoms with Gasteiger partial charge in [0.05, 0.1) is 5.02 Å². The zero-order chi connectivity index (χ0) is 14.1. The zero-order valence-corrected chi connectivity index (χ0v) is 12.3. The van der Waals surface area contributed by atoms with E-state index in [4.69, 9.17) is 23.2 Å². The summed E-state index contributed by atoms with van der Waals surface area (Å²) in [5.41, 5.74) is 2.72. The van der Waals surface area contributed by atoms with E-state index in [1.807, 2.05) is 18.2 Å². The van der Waals surface area contributed by atoms with Crippen LogP contribution in [0.2, 0.25) is 10.0 Å². The average molecular weight is 310 g/mol. The van der Waals surface area contributed by atoms with Crippen molar-refractivity contribution in [2.45, 2.75) is 25.4 Å². The molecule has 2 aromatic rings. The molecular weight excluding hydrogens is 296 g/mol. The summed E-state index contributed by atoms with van der Waals surface area (Å²) < 4.78 is 13.1. The van der Waals surface area contributed by atoms with Gasteiger partial charge in [-0.05, 0) is 42.7 Å². The van der Waals surface area contributed by atoms with E-state index < -0.39 is 0 Å². The topological polar surface area (TPSA) is 12.0 Å². The van der Waals surface area contributed by atoms with Crippen LogP contribution in [0, 0.1) is 5.82 Å². The highest BCUT2D eigenvalue weighted by atomic mass is 35.5. The van der Waals surface area contributed by atoms with Gasteiger partial charge in [0.1, 0.15) is 5.82 Å². The molecule has 0 radical (unpaired) electrons. The van der Waals surface area contributed by atoms with Gasteiger partial charge in [-0.15, -0.1) is 0 Å². The Morgan fingerprint density at radius 3 is 2.25 bits per heavy atom. The van der Waals surface area contributed by atoms with Crippen LogP contribution in [-0.4, -0.2) is 6.04 Å². The second kappa shape index (κ2) is 5.72. The molecule has 1 fully saturated rings. The number of rotatable bonds is 4. The van der Waals surface area contributed by atoms with Crippen molar-refractivity contribution in [2.24, 2.45) is 0 Å². The molecule has 0 unspecified atom stereocenters. The molecule has 0 atom stereocenters. The van der Waals surface area contributed by atoms with E-state index >= 15 is 0 Å². The molecule has 0 saturated heterocycles. The standard InChI is InChI=1S/C16H14Cl2FN/c17-15-7-10(9-20-12-3-4-12)1-5-13(15)14-6-2-11(19)8-16(14)18/h1-2,5-8,12,20H,3-4,9H2. The van der Waals surface area contributed by atoms with Crippen molar-refractivity contribution < 1.29 is 4.39 Å². The van der Waals surface area contributed by atoms with Crippen LogP contribution in [0.4, 0.5) is 4.39 Å². The van der Waals surface area contributed by atoms with Crippen LogP contribution in [-0.2, 0) is 6.54 Å². The lowest BCUT2D eigenvalue weighted by Crippen LogP contribution is -2.15. The van der Waals surface area contributed by atoms with Gasteiger partial charge in [0.25, 0.3) is 0 Å². The third-order valence-corrected chi connectivity index (χ3v) is 4.05. The van der Waals surface area contributed by atoms with Crippen LogP contribution in [0.1, 0.15) is 18.4 Å². The van der Waals surface area contributed by atoms with E-state index in [9.17, 15) is 4.39 Å². The molecule has 1 aliphatic carbocycles. The number of nitrogens with one attached hydrogen (secondary N) is 1. The highest BCUT2D eigenvalue weighted by Gasteiger charge is 2.20. The summed E-state index contributed by atoms with van der Waals surface area (Å²) in [6, 6.07) is 10.9. The lowest BCUT2D eigenvalue weighted by Gasteiger charge is -2.10. The summed E-state index contributed by atoms with van der Waals surface area (Å²) in [4.78, 5) is 0. The van der Waals surface area contributed by atoms with E-state index in [2.05, 4.69) is 5.32 Å². The SMILES string of the molecule is Fc1ccc(-c2ccc(CNC3CC3)cc2Cl)c(Cl)c1. The first-order valence-electron chi connectivity index (χ1n) is 6.61. The van der Waals surface area contributed by atoms with Gasteiger partial charge in [-0.1, -0.05) is 35.3 Å². The molecule has 1 nitrogen and oxygen atoms in total. The number of hydrogen-bond donors (Lipinski definition) is 1. The maximum Gasteiger partial charge on any atom is 0.124 e. The number of benzene rings is 2. The van der Waals surface area contributed by atoms with Crippen molar-refractivity contribution >= 4 is 23.2 Å². The third kappa shape index (κ3) is 3.14. The zero-order valence-electron chi connectivity index (χ0n) is 10.8.